The fourth-order valence-corrected chi connectivity index (χ4v) is 2.64. The van der Waals surface area contributed by atoms with Gasteiger partial charge in [-0.1, -0.05) is 18.2 Å². The Balaban J connectivity index is 1.75. The summed E-state index contributed by atoms with van der Waals surface area (Å²) in [7, 11) is 1.62. The van der Waals surface area contributed by atoms with E-state index in [0.717, 1.165) is 31.5 Å². The van der Waals surface area contributed by atoms with Crippen molar-refractivity contribution in [1.82, 2.24) is 10.2 Å². The standard InChI is InChI=1S/C16H23FN2O2/c1-21-11-8-18-16(20)13-6-9-19(10-7-13)12-14-4-2-3-5-15(14)17/h2-5,13H,6-12H2,1H3,(H,18,20). The molecule has 1 heterocycles. The number of nitrogens with one attached hydrogen (secondary N) is 1. The molecule has 5 heteroatoms. The van der Waals surface area contributed by atoms with Crippen LogP contribution in [0.4, 0.5) is 4.39 Å². The van der Waals surface area contributed by atoms with E-state index in [-0.39, 0.29) is 17.6 Å². The second-order valence-corrected chi connectivity index (χ2v) is 5.43. The normalized spacial score (nSPS) is 16.9. The first-order chi connectivity index (χ1) is 10.2. The van der Waals surface area contributed by atoms with Crippen molar-refractivity contribution >= 4 is 5.91 Å². The van der Waals surface area contributed by atoms with Gasteiger partial charge in [-0.05, 0) is 32.0 Å². The van der Waals surface area contributed by atoms with Gasteiger partial charge in [0.25, 0.3) is 0 Å². The maximum Gasteiger partial charge on any atom is 0.223 e. The van der Waals surface area contributed by atoms with Crippen LogP contribution in [0.25, 0.3) is 0 Å². The van der Waals surface area contributed by atoms with Gasteiger partial charge in [0.15, 0.2) is 0 Å². The Morgan fingerprint density at radius 1 is 1.38 bits per heavy atom. The molecule has 0 saturated carbocycles. The molecule has 1 saturated heterocycles. The molecule has 4 nitrogen and oxygen atoms in total. The van der Waals surface area contributed by atoms with Crippen LogP contribution in [0.3, 0.4) is 0 Å². The summed E-state index contributed by atoms with van der Waals surface area (Å²) in [5.41, 5.74) is 0.723. The van der Waals surface area contributed by atoms with Crippen molar-refractivity contribution in [2.24, 2.45) is 5.92 Å². The number of carbonyl (C=O) groups is 1. The Morgan fingerprint density at radius 2 is 2.10 bits per heavy atom. The highest BCUT2D eigenvalue weighted by molar-refractivity contribution is 5.78. The molecule has 21 heavy (non-hydrogen) atoms. The lowest BCUT2D eigenvalue weighted by molar-refractivity contribution is -0.126. The fourth-order valence-electron chi connectivity index (χ4n) is 2.64. The van der Waals surface area contributed by atoms with Gasteiger partial charge >= 0.3 is 0 Å². The van der Waals surface area contributed by atoms with Crippen molar-refractivity contribution in [2.75, 3.05) is 33.4 Å². The average molecular weight is 294 g/mol. The molecule has 2 rings (SSSR count). The maximum absolute atomic E-state index is 13.6. The smallest absolute Gasteiger partial charge is 0.223 e. The first kappa shape index (κ1) is 15.9. The Labute approximate surface area is 125 Å². The molecule has 0 aromatic heterocycles. The van der Waals surface area contributed by atoms with E-state index in [9.17, 15) is 9.18 Å². The van der Waals surface area contributed by atoms with Crippen molar-refractivity contribution in [3.05, 3.63) is 35.6 Å². The van der Waals surface area contributed by atoms with Gasteiger partial charge in [0.2, 0.25) is 5.91 Å². The van der Waals surface area contributed by atoms with E-state index < -0.39 is 0 Å². The molecule has 1 N–H and O–H groups in total. The average Bonchev–Trinajstić information content (AvgIpc) is 2.50. The SMILES string of the molecule is COCCNC(=O)C1CCN(Cc2ccccc2F)CC1. The number of ether oxygens (including phenoxy) is 1. The van der Waals surface area contributed by atoms with Gasteiger partial charge in [-0.3, -0.25) is 9.69 Å². The van der Waals surface area contributed by atoms with Gasteiger partial charge in [-0.25, -0.2) is 4.39 Å². The fraction of sp³-hybridized carbons (Fsp3) is 0.562. The minimum absolute atomic E-state index is 0.0683. The molecule has 1 amide bonds. The number of benzene rings is 1. The lowest BCUT2D eigenvalue weighted by Crippen LogP contribution is -2.41. The number of piperidine rings is 1. The lowest BCUT2D eigenvalue weighted by atomic mass is 9.95. The van der Waals surface area contributed by atoms with E-state index in [1.807, 2.05) is 12.1 Å². The van der Waals surface area contributed by atoms with Crippen LogP contribution >= 0.6 is 0 Å². The van der Waals surface area contributed by atoms with E-state index in [1.54, 1.807) is 13.2 Å². The van der Waals surface area contributed by atoms with Crippen LogP contribution in [0.1, 0.15) is 18.4 Å². The number of carbonyl (C=O) groups excluding carboxylic acids is 1. The van der Waals surface area contributed by atoms with Crippen molar-refractivity contribution in [3.63, 3.8) is 0 Å². The quantitative estimate of drug-likeness (QED) is 0.814. The number of amides is 1. The molecule has 1 aromatic carbocycles. The van der Waals surface area contributed by atoms with E-state index in [1.165, 1.54) is 6.07 Å². The van der Waals surface area contributed by atoms with Gasteiger partial charge in [0, 0.05) is 31.7 Å². The summed E-state index contributed by atoms with van der Waals surface area (Å²) in [6.45, 7) is 3.38. The van der Waals surface area contributed by atoms with E-state index in [4.69, 9.17) is 4.74 Å². The predicted molar refractivity (Wildman–Crippen MR) is 79.3 cm³/mol. The first-order valence-electron chi connectivity index (χ1n) is 7.43. The van der Waals surface area contributed by atoms with Crippen LogP contribution in [-0.4, -0.2) is 44.2 Å². The number of nitrogens with zero attached hydrogens (tertiary/aromatic N) is 1. The van der Waals surface area contributed by atoms with Gasteiger partial charge in [-0.15, -0.1) is 0 Å². The van der Waals surface area contributed by atoms with Gasteiger partial charge in [0.1, 0.15) is 5.82 Å². The van der Waals surface area contributed by atoms with Crippen molar-refractivity contribution in [1.29, 1.82) is 0 Å². The lowest BCUT2D eigenvalue weighted by Gasteiger charge is -2.31. The Morgan fingerprint density at radius 3 is 2.76 bits per heavy atom. The monoisotopic (exact) mass is 294 g/mol. The topological polar surface area (TPSA) is 41.6 Å². The number of hydrogen-bond donors (Lipinski definition) is 1. The number of halogens is 1. The second-order valence-electron chi connectivity index (χ2n) is 5.43. The minimum Gasteiger partial charge on any atom is -0.383 e. The summed E-state index contributed by atoms with van der Waals surface area (Å²) in [5, 5.41) is 2.88. The largest absolute Gasteiger partial charge is 0.383 e. The summed E-state index contributed by atoms with van der Waals surface area (Å²) >= 11 is 0. The van der Waals surface area contributed by atoms with Crippen molar-refractivity contribution in [2.45, 2.75) is 19.4 Å². The zero-order valence-corrected chi connectivity index (χ0v) is 12.5. The summed E-state index contributed by atoms with van der Waals surface area (Å²) in [6, 6.07) is 6.87. The van der Waals surface area contributed by atoms with Gasteiger partial charge in [0.05, 0.1) is 6.61 Å². The second kappa shape index (κ2) is 8.10. The number of methoxy groups -OCH3 is 1. The van der Waals surface area contributed by atoms with Crippen molar-refractivity contribution < 1.29 is 13.9 Å². The van der Waals surface area contributed by atoms with E-state index in [0.29, 0.717) is 19.7 Å². The summed E-state index contributed by atoms with van der Waals surface area (Å²) in [5.74, 6) is 0.0215. The molecular weight excluding hydrogens is 271 g/mol. The van der Waals surface area contributed by atoms with Crippen LogP contribution in [0, 0.1) is 11.7 Å². The molecule has 1 fully saturated rings. The van der Waals surface area contributed by atoms with Crippen LogP contribution in [0.5, 0.6) is 0 Å². The third-order valence-electron chi connectivity index (χ3n) is 3.92. The number of rotatable bonds is 6. The van der Waals surface area contributed by atoms with Gasteiger partial charge in [-0.2, -0.15) is 0 Å². The van der Waals surface area contributed by atoms with E-state index in [2.05, 4.69) is 10.2 Å². The first-order valence-corrected chi connectivity index (χ1v) is 7.43. The molecule has 0 spiro atoms. The number of hydrogen-bond acceptors (Lipinski definition) is 3. The molecule has 0 bridgehead atoms. The molecule has 1 aliphatic rings. The molecule has 116 valence electrons. The molecule has 0 aliphatic carbocycles. The molecule has 1 aliphatic heterocycles. The molecule has 0 radical (unpaired) electrons. The highest BCUT2D eigenvalue weighted by Crippen LogP contribution is 2.20. The Hall–Kier alpha value is -1.46. The molecular formula is C16H23FN2O2. The highest BCUT2D eigenvalue weighted by Gasteiger charge is 2.24. The summed E-state index contributed by atoms with van der Waals surface area (Å²) in [6.07, 6.45) is 1.65. The van der Waals surface area contributed by atoms with Crippen LogP contribution in [-0.2, 0) is 16.1 Å². The Kier molecular flexibility index (Phi) is 6.14. The third kappa shape index (κ3) is 4.79. The maximum atomic E-state index is 13.6. The molecule has 1 aromatic rings. The predicted octanol–water partition coefficient (Wildman–Crippen LogP) is 1.80. The zero-order chi connectivity index (χ0) is 15.1. The molecule has 0 atom stereocenters. The van der Waals surface area contributed by atoms with Crippen LogP contribution in [0.15, 0.2) is 24.3 Å². The number of likely N-dealkylation sites (tertiary alicyclic amines) is 1. The van der Waals surface area contributed by atoms with E-state index >= 15 is 0 Å². The van der Waals surface area contributed by atoms with Crippen molar-refractivity contribution in [3.8, 4) is 0 Å². The van der Waals surface area contributed by atoms with Crippen LogP contribution < -0.4 is 5.32 Å². The minimum atomic E-state index is -0.156. The summed E-state index contributed by atoms with van der Waals surface area (Å²) in [4.78, 5) is 14.2. The highest BCUT2D eigenvalue weighted by atomic mass is 19.1. The zero-order valence-electron chi connectivity index (χ0n) is 12.5. The van der Waals surface area contributed by atoms with Gasteiger partial charge < -0.3 is 10.1 Å². The molecule has 0 unspecified atom stereocenters. The van der Waals surface area contributed by atoms with Crippen LogP contribution in [0.2, 0.25) is 0 Å². The Bertz CT molecular complexity index is 459. The third-order valence-corrected chi connectivity index (χ3v) is 3.92. The summed E-state index contributed by atoms with van der Waals surface area (Å²) < 4.78 is 18.5.